The van der Waals surface area contributed by atoms with Crippen LogP contribution in [0.3, 0.4) is 0 Å². The number of halogens is 2. The standard InChI is InChI=1S/C15H15BrClN/c1-2-10-3-5-11(6-4-10)15(18)12-7-8-13(16)14(17)9-12/h3-9,15H,2,18H2,1H3. The molecular weight excluding hydrogens is 310 g/mol. The second kappa shape index (κ2) is 5.87. The molecule has 0 fully saturated rings. The molecule has 2 aromatic carbocycles. The van der Waals surface area contributed by atoms with Gasteiger partial charge in [-0.15, -0.1) is 0 Å². The molecule has 0 radical (unpaired) electrons. The highest BCUT2D eigenvalue weighted by molar-refractivity contribution is 9.10. The molecule has 0 aliphatic rings. The van der Waals surface area contributed by atoms with Crippen molar-refractivity contribution < 1.29 is 0 Å². The van der Waals surface area contributed by atoms with E-state index in [4.69, 9.17) is 17.3 Å². The third kappa shape index (κ3) is 2.94. The summed E-state index contributed by atoms with van der Waals surface area (Å²) in [6, 6.07) is 14.1. The SMILES string of the molecule is CCc1ccc(C(N)c2ccc(Br)c(Cl)c2)cc1. The van der Waals surface area contributed by atoms with Gasteiger partial charge < -0.3 is 5.73 Å². The van der Waals surface area contributed by atoms with Crippen LogP contribution in [-0.2, 0) is 6.42 Å². The van der Waals surface area contributed by atoms with Crippen LogP contribution >= 0.6 is 27.5 Å². The molecule has 0 spiro atoms. The van der Waals surface area contributed by atoms with Crippen molar-refractivity contribution in [2.75, 3.05) is 0 Å². The first-order chi connectivity index (χ1) is 8.61. The quantitative estimate of drug-likeness (QED) is 0.869. The van der Waals surface area contributed by atoms with Gasteiger partial charge in [0, 0.05) is 4.47 Å². The predicted molar refractivity (Wildman–Crippen MR) is 81.0 cm³/mol. The van der Waals surface area contributed by atoms with Gasteiger partial charge in [-0.2, -0.15) is 0 Å². The summed E-state index contributed by atoms with van der Waals surface area (Å²) in [5.41, 5.74) is 9.70. The molecule has 0 aliphatic carbocycles. The summed E-state index contributed by atoms with van der Waals surface area (Å²) < 4.78 is 0.890. The molecule has 1 atom stereocenters. The van der Waals surface area contributed by atoms with Crippen LogP contribution in [0.15, 0.2) is 46.9 Å². The monoisotopic (exact) mass is 323 g/mol. The minimum absolute atomic E-state index is 0.137. The lowest BCUT2D eigenvalue weighted by Crippen LogP contribution is -2.11. The van der Waals surface area contributed by atoms with Crippen LogP contribution in [0.25, 0.3) is 0 Å². The first-order valence-corrected chi connectivity index (χ1v) is 7.08. The van der Waals surface area contributed by atoms with E-state index in [-0.39, 0.29) is 6.04 Å². The maximum absolute atomic E-state index is 6.25. The molecule has 3 heteroatoms. The van der Waals surface area contributed by atoms with E-state index in [2.05, 4.69) is 47.1 Å². The topological polar surface area (TPSA) is 26.0 Å². The zero-order chi connectivity index (χ0) is 13.1. The normalized spacial score (nSPS) is 12.4. The van der Waals surface area contributed by atoms with Crippen LogP contribution in [0.5, 0.6) is 0 Å². The van der Waals surface area contributed by atoms with E-state index in [0.717, 1.165) is 22.0 Å². The van der Waals surface area contributed by atoms with E-state index < -0.39 is 0 Å². The van der Waals surface area contributed by atoms with Crippen molar-refractivity contribution in [3.05, 3.63) is 68.7 Å². The Kier molecular flexibility index (Phi) is 4.44. The average molecular weight is 325 g/mol. The third-order valence-electron chi connectivity index (χ3n) is 3.05. The fourth-order valence-corrected chi connectivity index (χ4v) is 2.29. The van der Waals surface area contributed by atoms with Gasteiger partial charge in [0.2, 0.25) is 0 Å². The van der Waals surface area contributed by atoms with Gasteiger partial charge >= 0.3 is 0 Å². The first-order valence-electron chi connectivity index (χ1n) is 5.91. The maximum atomic E-state index is 6.25. The van der Waals surface area contributed by atoms with Gasteiger partial charge in [-0.3, -0.25) is 0 Å². The molecule has 2 rings (SSSR count). The molecule has 0 bridgehead atoms. The van der Waals surface area contributed by atoms with Crippen molar-refractivity contribution in [3.63, 3.8) is 0 Å². The molecule has 0 amide bonds. The van der Waals surface area contributed by atoms with Crippen LogP contribution in [0.2, 0.25) is 5.02 Å². The van der Waals surface area contributed by atoms with E-state index in [9.17, 15) is 0 Å². The Morgan fingerprint density at radius 3 is 2.28 bits per heavy atom. The lowest BCUT2D eigenvalue weighted by molar-refractivity contribution is 0.869. The lowest BCUT2D eigenvalue weighted by Gasteiger charge is -2.14. The second-order valence-electron chi connectivity index (χ2n) is 4.25. The summed E-state index contributed by atoms with van der Waals surface area (Å²) in [7, 11) is 0. The van der Waals surface area contributed by atoms with E-state index in [1.807, 2.05) is 18.2 Å². The van der Waals surface area contributed by atoms with Crippen molar-refractivity contribution in [3.8, 4) is 0 Å². The second-order valence-corrected chi connectivity index (χ2v) is 5.51. The van der Waals surface area contributed by atoms with E-state index >= 15 is 0 Å². The Hall–Kier alpha value is -0.830. The summed E-state index contributed by atoms with van der Waals surface area (Å²) in [6.07, 6.45) is 1.04. The molecular formula is C15H15BrClN. The number of nitrogens with two attached hydrogens (primary N) is 1. The molecule has 0 saturated carbocycles. The van der Waals surface area contributed by atoms with Crippen LogP contribution < -0.4 is 5.73 Å². The van der Waals surface area contributed by atoms with Crippen molar-refractivity contribution in [1.29, 1.82) is 0 Å². The van der Waals surface area contributed by atoms with E-state index in [0.29, 0.717) is 5.02 Å². The van der Waals surface area contributed by atoms with Gasteiger partial charge in [0.1, 0.15) is 0 Å². The van der Waals surface area contributed by atoms with Crippen molar-refractivity contribution >= 4 is 27.5 Å². The zero-order valence-electron chi connectivity index (χ0n) is 10.2. The molecule has 1 unspecified atom stereocenters. The van der Waals surface area contributed by atoms with E-state index in [1.165, 1.54) is 5.56 Å². The Morgan fingerprint density at radius 2 is 1.72 bits per heavy atom. The zero-order valence-corrected chi connectivity index (χ0v) is 12.5. The Balaban J connectivity index is 2.28. The van der Waals surface area contributed by atoms with Gasteiger partial charge in [-0.25, -0.2) is 0 Å². The molecule has 0 aliphatic heterocycles. The fourth-order valence-electron chi connectivity index (χ4n) is 1.86. The largest absolute Gasteiger partial charge is 0.320 e. The van der Waals surface area contributed by atoms with Crippen molar-refractivity contribution in [2.45, 2.75) is 19.4 Å². The summed E-state index contributed by atoms with van der Waals surface area (Å²) >= 11 is 9.47. The molecule has 0 aromatic heterocycles. The first kappa shape index (κ1) is 13.6. The highest BCUT2D eigenvalue weighted by atomic mass is 79.9. The van der Waals surface area contributed by atoms with Crippen LogP contribution in [0.4, 0.5) is 0 Å². The molecule has 2 N–H and O–H groups in total. The molecule has 2 aromatic rings. The average Bonchev–Trinajstić information content (AvgIpc) is 2.41. The van der Waals surface area contributed by atoms with Gasteiger partial charge in [0.25, 0.3) is 0 Å². The Labute approximate surface area is 121 Å². The van der Waals surface area contributed by atoms with Gasteiger partial charge in [-0.1, -0.05) is 48.9 Å². The van der Waals surface area contributed by atoms with E-state index in [1.54, 1.807) is 0 Å². The van der Waals surface area contributed by atoms with Crippen LogP contribution in [0, 0.1) is 0 Å². The fraction of sp³-hybridized carbons (Fsp3) is 0.200. The number of hydrogen-bond donors (Lipinski definition) is 1. The molecule has 0 heterocycles. The highest BCUT2D eigenvalue weighted by Crippen LogP contribution is 2.28. The summed E-state index contributed by atoms with van der Waals surface area (Å²) in [6.45, 7) is 2.14. The van der Waals surface area contributed by atoms with Crippen LogP contribution in [0.1, 0.15) is 29.7 Å². The third-order valence-corrected chi connectivity index (χ3v) is 4.28. The Morgan fingerprint density at radius 1 is 1.11 bits per heavy atom. The molecule has 1 nitrogen and oxygen atoms in total. The highest BCUT2D eigenvalue weighted by Gasteiger charge is 2.10. The summed E-state index contributed by atoms with van der Waals surface area (Å²) in [4.78, 5) is 0. The number of rotatable bonds is 3. The Bertz CT molecular complexity index is 537. The van der Waals surface area contributed by atoms with Crippen molar-refractivity contribution in [1.82, 2.24) is 0 Å². The lowest BCUT2D eigenvalue weighted by atomic mass is 9.98. The van der Waals surface area contributed by atoms with Gasteiger partial charge in [0.15, 0.2) is 0 Å². The molecule has 94 valence electrons. The van der Waals surface area contributed by atoms with Crippen LogP contribution in [-0.4, -0.2) is 0 Å². The maximum Gasteiger partial charge on any atom is 0.0552 e. The number of benzene rings is 2. The smallest absolute Gasteiger partial charge is 0.0552 e. The minimum atomic E-state index is -0.137. The van der Waals surface area contributed by atoms with Gasteiger partial charge in [0.05, 0.1) is 11.1 Å². The molecule has 0 saturated heterocycles. The predicted octanol–water partition coefficient (Wildman–Crippen LogP) is 4.71. The number of hydrogen-bond acceptors (Lipinski definition) is 1. The van der Waals surface area contributed by atoms with Crippen molar-refractivity contribution in [2.24, 2.45) is 5.73 Å². The summed E-state index contributed by atoms with van der Waals surface area (Å²) in [5.74, 6) is 0. The summed E-state index contributed by atoms with van der Waals surface area (Å²) in [5, 5.41) is 0.688. The minimum Gasteiger partial charge on any atom is -0.320 e. The number of aryl methyl sites for hydroxylation is 1. The van der Waals surface area contributed by atoms with Gasteiger partial charge in [-0.05, 0) is 51.2 Å². The molecule has 18 heavy (non-hydrogen) atoms.